The van der Waals surface area contributed by atoms with Gasteiger partial charge in [-0.05, 0) is 37.8 Å². The topological polar surface area (TPSA) is 41.1 Å². The molecule has 1 aromatic carbocycles. The molecule has 0 aliphatic heterocycles. The van der Waals surface area contributed by atoms with E-state index in [1.807, 2.05) is 19.9 Å². The van der Waals surface area contributed by atoms with E-state index in [9.17, 15) is 9.18 Å². The summed E-state index contributed by atoms with van der Waals surface area (Å²) in [4.78, 5) is 11.9. The maximum absolute atomic E-state index is 13.5. The molecule has 1 aromatic rings. The van der Waals surface area contributed by atoms with Crippen LogP contribution >= 0.6 is 0 Å². The largest absolute Gasteiger partial charge is 0.354 e. The van der Waals surface area contributed by atoms with Gasteiger partial charge >= 0.3 is 0 Å². The molecule has 0 saturated heterocycles. The zero-order valence-electron chi connectivity index (χ0n) is 12.7. The van der Waals surface area contributed by atoms with E-state index in [0.29, 0.717) is 24.4 Å². The summed E-state index contributed by atoms with van der Waals surface area (Å²) in [6.07, 6.45) is 0.564. The molecule has 0 radical (unpaired) electrons. The van der Waals surface area contributed by atoms with Gasteiger partial charge < -0.3 is 10.6 Å². The highest BCUT2D eigenvalue weighted by Crippen LogP contribution is 2.09. The Balaban J connectivity index is 2.43. The summed E-state index contributed by atoms with van der Waals surface area (Å²) in [5, 5.41) is 6.09. The molecule has 0 aliphatic rings. The molecule has 0 fully saturated rings. The maximum atomic E-state index is 13.5. The number of hydrogen-bond acceptors (Lipinski definition) is 2. The normalized spacial score (nSPS) is 14.1. The highest BCUT2D eigenvalue weighted by Gasteiger charge is 2.16. The Bertz CT molecular complexity index is 434. The smallest absolute Gasteiger partial charge is 0.236 e. The fraction of sp³-hybridized carbons (Fsp3) is 0.562. The number of carbonyl (C=O) groups is 1. The lowest BCUT2D eigenvalue weighted by molar-refractivity contribution is -0.123. The molecule has 112 valence electrons. The van der Waals surface area contributed by atoms with Crippen LogP contribution in [-0.2, 0) is 11.2 Å². The van der Waals surface area contributed by atoms with Crippen LogP contribution in [0.2, 0.25) is 0 Å². The minimum Gasteiger partial charge on any atom is -0.354 e. The zero-order chi connectivity index (χ0) is 15.1. The Hall–Kier alpha value is -1.42. The number of halogens is 1. The van der Waals surface area contributed by atoms with Gasteiger partial charge in [-0.3, -0.25) is 4.79 Å². The first-order chi connectivity index (χ1) is 9.40. The van der Waals surface area contributed by atoms with Gasteiger partial charge in [0.15, 0.2) is 0 Å². The number of rotatable bonds is 7. The molecular weight excluding hydrogens is 255 g/mol. The van der Waals surface area contributed by atoms with Crippen molar-refractivity contribution in [1.82, 2.24) is 10.6 Å². The third-order valence-electron chi connectivity index (χ3n) is 3.10. The van der Waals surface area contributed by atoms with Crippen LogP contribution in [0.25, 0.3) is 0 Å². The van der Waals surface area contributed by atoms with Gasteiger partial charge in [0.2, 0.25) is 5.91 Å². The summed E-state index contributed by atoms with van der Waals surface area (Å²) >= 11 is 0. The first-order valence-electron chi connectivity index (χ1n) is 7.17. The number of benzene rings is 1. The molecule has 2 atom stereocenters. The second-order valence-electron chi connectivity index (χ2n) is 5.72. The van der Waals surface area contributed by atoms with Crippen molar-refractivity contribution >= 4 is 5.91 Å². The van der Waals surface area contributed by atoms with E-state index in [1.165, 1.54) is 6.07 Å². The zero-order valence-corrected chi connectivity index (χ0v) is 12.7. The lowest BCUT2D eigenvalue weighted by Gasteiger charge is -2.20. The van der Waals surface area contributed by atoms with Crippen molar-refractivity contribution in [2.75, 3.05) is 6.54 Å². The van der Waals surface area contributed by atoms with Crippen LogP contribution in [0.4, 0.5) is 4.39 Å². The van der Waals surface area contributed by atoms with Gasteiger partial charge in [-0.2, -0.15) is 0 Å². The number of nitrogens with one attached hydrogen (secondary N) is 2. The summed E-state index contributed by atoms with van der Waals surface area (Å²) in [5.41, 5.74) is 0.669. The van der Waals surface area contributed by atoms with E-state index < -0.39 is 0 Å². The SMILES string of the molecule is CC(C)CNC(=O)C(C)NC(C)Cc1ccccc1F. The predicted octanol–water partition coefficient (Wildman–Crippen LogP) is 2.51. The van der Waals surface area contributed by atoms with Gasteiger partial charge in [0, 0.05) is 12.6 Å². The lowest BCUT2D eigenvalue weighted by atomic mass is 10.1. The van der Waals surface area contributed by atoms with Gasteiger partial charge in [-0.25, -0.2) is 4.39 Å². The minimum atomic E-state index is -0.282. The molecule has 1 amide bonds. The van der Waals surface area contributed by atoms with E-state index >= 15 is 0 Å². The van der Waals surface area contributed by atoms with Crippen LogP contribution in [0.5, 0.6) is 0 Å². The summed E-state index contributed by atoms with van der Waals surface area (Å²) in [6.45, 7) is 8.57. The van der Waals surface area contributed by atoms with E-state index in [2.05, 4.69) is 24.5 Å². The van der Waals surface area contributed by atoms with Gasteiger partial charge in [-0.1, -0.05) is 32.0 Å². The minimum absolute atomic E-state index is 0.0147. The van der Waals surface area contributed by atoms with Crippen LogP contribution in [-0.4, -0.2) is 24.5 Å². The fourth-order valence-corrected chi connectivity index (χ4v) is 2.01. The maximum Gasteiger partial charge on any atom is 0.236 e. The lowest BCUT2D eigenvalue weighted by Crippen LogP contribution is -2.47. The average Bonchev–Trinajstić information content (AvgIpc) is 2.38. The summed E-state index contributed by atoms with van der Waals surface area (Å²) < 4.78 is 13.5. The van der Waals surface area contributed by atoms with Crippen LogP contribution in [0, 0.1) is 11.7 Å². The summed E-state index contributed by atoms with van der Waals surface area (Å²) in [7, 11) is 0. The third kappa shape index (κ3) is 5.70. The molecule has 0 heterocycles. The van der Waals surface area contributed by atoms with Gasteiger partial charge in [0.05, 0.1) is 6.04 Å². The monoisotopic (exact) mass is 280 g/mol. The molecule has 3 nitrogen and oxygen atoms in total. The van der Waals surface area contributed by atoms with E-state index in [4.69, 9.17) is 0 Å². The van der Waals surface area contributed by atoms with Crippen molar-refractivity contribution in [2.24, 2.45) is 5.92 Å². The van der Waals surface area contributed by atoms with Gasteiger partial charge in [0.25, 0.3) is 0 Å². The molecule has 0 bridgehead atoms. The second kappa shape index (κ2) is 8.00. The van der Waals surface area contributed by atoms with Crippen molar-refractivity contribution < 1.29 is 9.18 Å². The molecule has 0 aromatic heterocycles. The molecule has 2 unspecified atom stereocenters. The van der Waals surface area contributed by atoms with Gasteiger partial charge in [-0.15, -0.1) is 0 Å². The third-order valence-corrected chi connectivity index (χ3v) is 3.10. The van der Waals surface area contributed by atoms with Crippen molar-refractivity contribution in [2.45, 2.75) is 46.2 Å². The van der Waals surface area contributed by atoms with Crippen molar-refractivity contribution in [3.8, 4) is 0 Å². The van der Waals surface area contributed by atoms with Gasteiger partial charge in [0.1, 0.15) is 5.82 Å². The van der Waals surface area contributed by atoms with Crippen molar-refractivity contribution in [3.05, 3.63) is 35.6 Å². The Kier molecular flexibility index (Phi) is 6.65. The van der Waals surface area contributed by atoms with E-state index in [-0.39, 0.29) is 23.8 Å². The Morgan fingerprint density at radius 2 is 1.85 bits per heavy atom. The standard InChI is InChI=1S/C16H25FN2O/c1-11(2)10-18-16(20)13(4)19-12(3)9-14-7-5-6-8-15(14)17/h5-8,11-13,19H,9-10H2,1-4H3,(H,18,20). The Morgan fingerprint density at radius 1 is 1.20 bits per heavy atom. The van der Waals surface area contributed by atoms with Crippen LogP contribution in [0.15, 0.2) is 24.3 Å². The number of hydrogen-bond donors (Lipinski definition) is 2. The van der Waals surface area contributed by atoms with Crippen LogP contribution in [0.3, 0.4) is 0 Å². The molecule has 1 rings (SSSR count). The van der Waals surface area contributed by atoms with Crippen LogP contribution < -0.4 is 10.6 Å². The quantitative estimate of drug-likeness (QED) is 0.806. The average molecular weight is 280 g/mol. The highest BCUT2D eigenvalue weighted by atomic mass is 19.1. The van der Waals surface area contributed by atoms with Crippen molar-refractivity contribution in [3.63, 3.8) is 0 Å². The van der Waals surface area contributed by atoms with E-state index in [1.54, 1.807) is 12.1 Å². The molecular formula is C16H25FN2O. The molecule has 0 saturated carbocycles. The van der Waals surface area contributed by atoms with E-state index in [0.717, 1.165) is 0 Å². The number of amides is 1. The molecule has 4 heteroatoms. The fourth-order valence-electron chi connectivity index (χ4n) is 2.01. The second-order valence-corrected chi connectivity index (χ2v) is 5.72. The number of carbonyl (C=O) groups excluding carboxylic acids is 1. The summed E-state index contributed by atoms with van der Waals surface area (Å²) in [6, 6.07) is 6.49. The Labute approximate surface area is 121 Å². The first-order valence-corrected chi connectivity index (χ1v) is 7.17. The summed E-state index contributed by atoms with van der Waals surface area (Å²) in [5.74, 6) is 0.221. The first kappa shape index (κ1) is 16.6. The molecule has 2 N–H and O–H groups in total. The predicted molar refractivity (Wildman–Crippen MR) is 80.0 cm³/mol. The molecule has 0 spiro atoms. The molecule has 20 heavy (non-hydrogen) atoms. The highest BCUT2D eigenvalue weighted by molar-refractivity contribution is 5.81. The van der Waals surface area contributed by atoms with Crippen molar-refractivity contribution in [1.29, 1.82) is 0 Å². The molecule has 0 aliphatic carbocycles. The Morgan fingerprint density at radius 3 is 2.45 bits per heavy atom. The van der Waals surface area contributed by atoms with Crippen LogP contribution in [0.1, 0.15) is 33.3 Å².